The monoisotopic (exact) mass is 520 g/mol. The molecule has 4 aromatic rings. The summed E-state index contributed by atoms with van der Waals surface area (Å²) in [6.07, 6.45) is 6.72. The van der Waals surface area contributed by atoms with Crippen molar-refractivity contribution < 1.29 is 32.9 Å². The molecular weight excluding hydrogens is 488 g/mol. The molecule has 38 heavy (non-hydrogen) atoms. The quantitative estimate of drug-likeness (QED) is 0.290. The summed E-state index contributed by atoms with van der Waals surface area (Å²) in [4.78, 5) is 0. The molecule has 2 heterocycles. The Morgan fingerprint density at radius 1 is 0.763 bits per heavy atom. The molecular formula is C29H32N2O7. The summed E-state index contributed by atoms with van der Waals surface area (Å²) in [5.41, 5.74) is 6.29. The maximum absolute atomic E-state index is 5.76. The van der Waals surface area contributed by atoms with Gasteiger partial charge < -0.3 is 37.5 Å². The lowest BCUT2D eigenvalue weighted by Gasteiger charge is -2.18. The maximum atomic E-state index is 5.76. The largest absolute Gasteiger partial charge is 0.493 e. The van der Waals surface area contributed by atoms with Crippen LogP contribution in [0.25, 0.3) is 22.6 Å². The van der Waals surface area contributed by atoms with Crippen LogP contribution in [0, 0.1) is 0 Å². The fraction of sp³-hybridized carbons (Fsp3) is 0.345. The normalized spacial score (nSPS) is 12.3. The van der Waals surface area contributed by atoms with Crippen molar-refractivity contribution >= 4 is 0 Å². The van der Waals surface area contributed by atoms with E-state index in [1.807, 2.05) is 30.5 Å². The van der Waals surface area contributed by atoms with Crippen LogP contribution in [0.1, 0.15) is 23.1 Å². The second-order valence-corrected chi connectivity index (χ2v) is 8.98. The van der Waals surface area contributed by atoms with Crippen molar-refractivity contribution in [3.63, 3.8) is 0 Å². The Labute approximate surface area is 221 Å². The molecule has 0 N–H and O–H groups in total. The van der Waals surface area contributed by atoms with Gasteiger partial charge in [0.2, 0.25) is 11.5 Å². The van der Waals surface area contributed by atoms with Gasteiger partial charge in [-0.05, 0) is 54.7 Å². The predicted molar refractivity (Wildman–Crippen MR) is 142 cm³/mol. The molecule has 200 valence electrons. The van der Waals surface area contributed by atoms with Gasteiger partial charge in [-0.1, -0.05) is 5.16 Å². The van der Waals surface area contributed by atoms with Gasteiger partial charge in [-0.3, -0.25) is 0 Å². The number of fused-ring (bicyclic) bond motifs is 3. The second kappa shape index (κ2) is 10.6. The third-order valence-corrected chi connectivity index (χ3v) is 6.96. The number of hydrogen-bond acceptors (Lipinski definition) is 8. The molecule has 2 aromatic heterocycles. The highest BCUT2D eigenvalue weighted by atomic mass is 16.5. The van der Waals surface area contributed by atoms with Crippen LogP contribution in [0.3, 0.4) is 0 Å². The first-order chi connectivity index (χ1) is 18.6. The molecule has 0 atom stereocenters. The van der Waals surface area contributed by atoms with E-state index in [9.17, 15) is 0 Å². The summed E-state index contributed by atoms with van der Waals surface area (Å²) in [7, 11) is 9.68. The van der Waals surface area contributed by atoms with Crippen LogP contribution in [0.15, 0.2) is 41.2 Å². The highest BCUT2D eigenvalue weighted by Gasteiger charge is 2.27. The molecule has 0 fully saturated rings. The van der Waals surface area contributed by atoms with Crippen LogP contribution in [0.2, 0.25) is 0 Å². The molecule has 0 aliphatic heterocycles. The smallest absolute Gasteiger partial charge is 0.203 e. The summed E-state index contributed by atoms with van der Waals surface area (Å²) < 4.78 is 41.7. The number of rotatable bonds is 9. The Bertz CT molecular complexity index is 1400. The lowest BCUT2D eigenvalue weighted by molar-refractivity contribution is 0.323. The van der Waals surface area contributed by atoms with Gasteiger partial charge in [-0.25, -0.2) is 0 Å². The van der Waals surface area contributed by atoms with Crippen molar-refractivity contribution in [3.05, 3.63) is 53.3 Å². The first-order valence-corrected chi connectivity index (χ1v) is 12.3. The number of hydrogen-bond donors (Lipinski definition) is 0. The molecule has 2 aromatic carbocycles. The number of aryl methyl sites for hydroxylation is 1. The van der Waals surface area contributed by atoms with Gasteiger partial charge in [0, 0.05) is 29.4 Å². The molecule has 0 unspecified atom stereocenters. The zero-order valence-corrected chi connectivity index (χ0v) is 22.5. The van der Waals surface area contributed by atoms with Gasteiger partial charge in [0.15, 0.2) is 28.8 Å². The van der Waals surface area contributed by atoms with Crippen molar-refractivity contribution in [2.75, 3.05) is 42.7 Å². The van der Waals surface area contributed by atoms with E-state index < -0.39 is 0 Å². The number of nitrogens with zero attached hydrogens (tertiary/aromatic N) is 2. The molecule has 5 rings (SSSR count). The van der Waals surface area contributed by atoms with Crippen molar-refractivity contribution in [1.82, 2.24) is 9.72 Å². The minimum Gasteiger partial charge on any atom is -0.493 e. The van der Waals surface area contributed by atoms with Gasteiger partial charge in [0.25, 0.3) is 0 Å². The maximum Gasteiger partial charge on any atom is 0.203 e. The zero-order valence-electron chi connectivity index (χ0n) is 22.5. The Kier molecular flexibility index (Phi) is 7.09. The molecule has 9 heteroatoms. The van der Waals surface area contributed by atoms with E-state index in [0.29, 0.717) is 41.0 Å². The van der Waals surface area contributed by atoms with Crippen molar-refractivity contribution in [1.29, 1.82) is 0 Å². The molecule has 0 spiro atoms. The Morgan fingerprint density at radius 2 is 1.34 bits per heavy atom. The van der Waals surface area contributed by atoms with Crippen LogP contribution < -0.4 is 28.4 Å². The number of benzene rings is 2. The van der Waals surface area contributed by atoms with E-state index in [1.165, 1.54) is 5.56 Å². The number of methoxy groups -OCH3 is 6. The minimum atomic E-state index is 0.541. The van der Waals surface area contributed by atoms with Gasteiger partial charge in [0.1, 0.15) is 0 Å². The molecule has 0 radical (unpaired) electrons. The first kappa shape index (κ1) is 25.4. The third kappa shape index (κ3) is 4.27. The Balaban J connectivity index is 1.73. The molecule has 1 aliphatic carbocycles. The fourth-order valence-electron chi connectivity index (χ4n) is 5.27. The van der Waals surface area contributed by atoms with Gasteiger partial charge in [0.05, 0.1) is 54.5 Å². The van der Waals surface area contributed by atoms with Crippen LogP contribution in [0.5, 0.6) is 34.5 Å². The van der Waals surface area contributed by atoms with Crippen molar-refractivity contribution in [2.45, 2.75) is 25.8 Å². The SMILES string of the molecule is COc1cc(Cn2cc3c(c2-c2cc(OC)c(OC)c(OC)c2)CCCc2cnoc2-3)cc(OC)c1OC. The second-order valence-electron chi connectivity index (χ2n) is 8.98. The van der Waals surface area contributed by atoms with Crippen LogP contribution in [0.4, 0.5) is 0 Å². The molecule has 0 amide bonds. The molecule has 0 bridgehead atoms. The lowest BCUT2D eigenvalue weighted by Crippen LogP contribution is -2.05. The van der Waals surface area contributed by atoms with E-state index in [0.717, 1.165) is 53.0 Å². The van der Waals surface area contributed by atoms with Crippen LogP contribution in [-0.2, 0) is 19.4 Å². The average Bonchev–Trinajstić information content (AvgIpc) is 3.51. The summed E-state index contributed by atoms with van der Waals surface area (Å²) >= 11 is 0. The molecule has 1 aliphatic rings. The van der Waals surface area contributed by atoms with Gasteiger partial charge >= 0.3 is 0 Å². The topological polar surface area (TPSA) is 86.3 Å². The lowest BCUT2D eigenvalue weighted by atomic mass is 10.00. The summed E-state index contributed by atoms with van der Waals surface area (Å²) in [5, 5.41) is 4.09. The number of aromatic nitrogens is 2. The highest BCUT2D eigenvalue weighted by Crippen LogP contribution is 2.46. The van der Waals surface area contributed by atoms with Crippen molar-refractivity contribution in [2.24, 2.45) is 0 Å². The standard InChI is InChI=1S/C29H32N2O7/c1-32-22-10-17(11-23(33-2)28(22)36-5)15-31-16-21-20(9-7-8-18-14-30-38-27(18)21)26(31)19-12-24(34-3)29(37-6)25(13-19)35-4/h10-14,16H,7-9,15H2,1-6H3. The summed E-state index contributed by atoms with van der Waals surface area (Å²) in [6, 6.07) is 7.89. The summed E-state index contributed by atoms with van der Waals surface area (Å²) in [6.45, 7) is 0.541. The fourth-order valence-corrected chi connectivity index (χ4v) is 5.27. The van der Waals surface area contributed by atoms with Gasteiger partial charge in [-0.2, -0.15) is 0 Å². The first-order valence-electron chi connectivity index (χ1n) is 12.3. The Hall–Kier alpha value is -4.27. The Morgan fingerprint density at radius 3 is 1.89 bits per heavy atom. The van der Waals surface area contributed by atoms with E-state index in [4.69, 9.17) is 32.9 Å². The molecule has 0 saturated carbocycles. The average molecular weight is 521 g/mol. The summed E-state index contributed by atoms with van der Waals surface area (Å²) in [5.74, 6) is 4.29. The minimum absolute atomic E-state index is 0.541. The van der Waals surface area contributed by atoms with E-state index >= 15 is 0 Å². The highest BCUT2D eigenvalue weighted by molar-refractivity contribution is 5.80. The van der Waals surface area contributed by atoms with E-state index in [2.05, 4.69) is 15.9 Å². The molecule has 0 saturated heterocycles. The van der Waals surface area contributed by atoms with E-state index in [-0.39, 0.29) is 0 Å². The zero-order chi connectivity index (χ0) is 26.8. The predicted octanol–water partition coefficient (Wildman–Crippen LogP) is 5.40. The number of ether oxygens (including phenoxy) is 6. The van der Waals surface area contributed by atoms with Crippen LogP contribution in [-0.4, -0.2) is 52.4 Å². The van der Waals surface area contributed by atoms with Crippen molar-refractivity contribution in [3.8, 4) is 57.1 Å². The van der Waals surface area contributed by atoms with E-state index in [1.54, 1.807) is 42.7 Å². The van der Waals surface area contributed by atoms with Crippen LogP contribution >= 0.6 is 0 Å². The molecule has 9 nitrogen and oxygen atoms in total. The third-order valence-electron chi connectivity index (χ3n) is 6.96. The van der Waals surface area contributed by atoms with Gasteiger partial charge in [-0.15, -0.1) is 0 Å².